The van der Waals surface area contributed by atoms with Crippen LogP contribution in [0.4, 0.5) is 21.0 Å². The van der Waals surface area contributed by atoms with Crippen LogP contribution < -0.4 is 10.6 Å². The number of urea groups is 1. The third-order valence-electron chi connectivity index (χ3n) is 4.97. The molecule has 1 aliphatic rings. The highest BCUT2D eigenvalue weighted by atomic mass is 16.6. The molecule has 2 N–H and O–H groups in total. The normalized spacial score (nSPS) is 14.3. The van der Waals surface area contributed by atoms with Gasteiger partial charge in [-0.05, 0) is 50.1 Å². The lowest BCUT2D eigenvalue weighted by atomic mass is 10.1. The van der Waals surface area contributed by atoms with Gasteiger partial charge in [-0.2, -0.15) is 0 Å². The van der Waals surface area contributed by atoms with E-state index in [2.05, 4.69) is 26.6 Å². The molecule has 160 valence electrons. The zero-order chi connectivity index (χ0) is 21.3. The van der Waals surface area contributed by atoms with E-state index in [-0.39, 0.29) is 12.1 Å². The van der Waals surface area contributed by atoms with Crippen LogP contribution in [0.15, 0.2) is 42.6 Å². The van der Waals surface area contributed by atoms with Crippen LogP contribution in [0.3, 0.4) is 0 Å². The lowest BCUT2D eigenvalue weighted by Crippen LogP contribution is -2.49. The molecule has 1 aliphatic heterocycles. The molecule has 0 saturated carbocycles. The number of aromatic nitrogens is 1. The summed E-state index contributed by atoms with van der Waals surface area (Å²) in [4.78, 5) is 32.3. The Hall–Kier alpha value is -3.13. The molecule has 0 spiro atoms. The summed E-state index contributed by atoms with van der Waals surface area (Å²) in [7, 11) is 0. The quantitative estimate of drug-likeness (QED) is 0.761. The SMILES string of the molecule is CCOC(=O)N1CCN(CCc2cccc(NC(=O)Nc3ccc(C)nc3)c2)CC1. The maximum Gasteiger partial charge on any atom is 0.409 e. The maximum atomic E-state index is 12.2. The van der Waals surface area contributed by atoms with E-state index in [4.69, 9.17) is 4.74 Å². The molecule has 2 aromatic rings. The van der Waals surface area contributed by atoms with Crippen LogP contribution in [0, 0.1) is 6.92 Å². The summed E-state index contributed by atoms with van der Waals surface area (Å²) in [6.07, 6.45) is 2.28. The molecule has 8 nitrogen and oxygen atoms in total. The van der Waals surface area contributed by atoms with Crippen molar-refractivity contribution in [3.8, 4) is 0 Å². The van der Waals surface area contributed by atoms with Gasteiger partial charge in [-0.1, -0.05) is 12.1 Å². The van der Waals surface area contributed by atoms with Crippen LogP contribution in [0.1, 0.15) is 18.2 Å². The molecule has 0 unspecified atom stereocenters. The van der Waals surface area contributed by atoms with Gasteiger partial charge in [0.15, 0.2) is 0 Å². The number of carbonyl (C=O) groups excluding carboxylic acids is 2. The van der Waals surface area contributed by atoms with Crippen molar-refractivity contribution in [1.29, 1.82) is 0 Å². The van der Waals surface area contributed by atoms with Crippen molar-refractivity contribution in [3.63, 3.8) is 0 Å². The van der Waals surface area contributed by atoms with Gasteiger partial charge in [0.25, 0.3) is 0 Å². The van der Waals surface area contributed by atoms with Crippen LogP contribution >= 0.6 is 0 Å². The highest BCUT2D eigenvalue weighted by molar-refractivity contribution is 5.99. The first-order chi connectivity index (χ1) is 14.5. The van der Waals surface area contributed by atoms with Crippen molar-refractivity contribution in [2.75, 3.05) is 50.0 Å². The highest BCUT2D eigenvalue weighted by Crippen LogP contribution is 2.14. The Labute approximate surface area is 177 Å². The average molecular weight is 412 g/mol. The molecule has 1 saturated heterocycles. The number of amides is 3. The van der Waals surface area contributed by atoms with E-state index in [0.717, 1.165) is 43.0 Å². The van der Waals surface area contributed by atoms with Crippen LogP contribution in [0.25, 0.3) is 0 Å². The van der Waals surface area contributed by atoms with E-state index in [1.54, 1.807) is 11.1 Å². The first-order valence-electron chi connectivity index (χ1n) is 10.3. The summed E-state index contributed by atoms with van der Waals surface area (Å²) in [5.74, 6) is 0. The lowest BCUT2D eigenvalue weighted by molar-refractivity contribution is 0.0799. The van der Waals surface area contributed by atoms with Gasteiger partial charge in [0.2, 0.25) is 0 Å². The summed E-state index contributed by atoms with van der Waals surface area (Å²) in [6, 6.07) is 11.2. The standard InChI is InChI=1S/C22H29N5O3/c1-3-30-22(29)27-13-11-26(12-14-27)10-9-18-5-4-6-19(15-18)24-21(28)25-20-8-7-17(2)23-16-20/h4-8,15-16H,3,9-14H2,1-2H3,(H2,24,25,28). The second-order valence-corrected chi connectivity index (χ2v) is 7.25. The Bertz CT molecular complexity index is 848. The molecule has 0 atom stereocenters. The molecular weight excluding hydrogens is 382 g/mol. The van der Waals surface area contributed by atoms with Gasteiger partial charge in [0, 0.05) is 44.1 Å². The Morgan fingerprint density at radius 3 is 2.53 bits per heavy atom. The van der Waals surface area contributed by atoms with E-state index >= 15 is 0 Å². The Morgan fingerprint density at radius 2 is 1.83 bits per heavy atom. The van der Waals surface area contributed by atoms with Crippen LogP contribution in [0.5, 0.6) is 0 Å². The number of hydrogen-bond acceptors (Lipinski definition) is 5. The van der Waals surface area contributed by atoms with Gasteiger partial charge >= 0.3 is 12.1 Å². The minimum Gasteiger partial charge on any atom is -0.450 e. The number of piperazine rings is 1. The molecule has 1 aromatic carbocycles. The summed E-state index contributed by atoms with van der Waals surface area (Å²) >= 11 is 0. The minimum atomic E-state index is -0.298. The van der Waals surface area contributed by atoms with Crippen molar-refractivity contribution < 1.29 is 14.3 Å². The van der Waals surface area contributed by atoms with E-state index in [0.29, 0.717) is 25.4 Å². The minimum absolute atomic E-state index is 0.226. The van der Waals surface area contributed by atoms with Gasteiger partial charge in [0.1, 0.15) is 0 Å². The third-order valence-corrected chi connectivity index (χ3v) is 4.97. The number of ether oxygens (including phenoxy) is 1. The Kier molecular flexibility index (Phi) is 7.62. The van der Waals surface area contributed by atoms with E-state index in [9.17, 15) is 9.59 Å². The summed E-state index contributed by atoms with van der Waals surface area (Å²) < 4.78 is 5.06. The third kappa shape index (κ3) is 6.45. The fourth-order valence-corrected chi connectivity index (χ4v) is 3.30. The molecule has 8 heteroatoms. The lowest BCUT2D eigenvalue weighted by Gasteiger charge is -2.34. The number of pyridine rings is 1. The largest absolute Gasteiger partial charge is 0.450 e. The number of nitrogens with zero attached hydrogens (tertiary/aromatic N) is 3. The first-order valence-corrected chi connectivity index (χ1v) is 10.3. The zero-order valence-corrected chi connectivity index (χ0v) is 17.6. The van der Waals surface area contributed by atoms with Gasteiger partial charge in [-0.25, -0.2) is 9.59 Å². The van der Waals surface area contributed by atoms with Crippen LogP contribution in [-0.2, 0) is 11.2 Å². The number of carbonyl (C=O) groups is 2. The number of rotatable bonds is 6. The summed E-state index contributed by atoms with van der Waals surface area (Å²) in [5, 5.41) is 5.64. The molecule has 3 amide bonds. The molecule has 0 radical (unpaired) electrons. The van der Waals surface area contributed by atoms with Crippen molar-refractivity contribution in [2.45, 2.75) is 20.3 Å². The fraction of sp³-hybridized carbons (Fsp3) is 0.409. The number of nitrogens with one attached hydrogen (secondary N) is 2. The molecule has 0 bridgehead atoms. The highest BCUT2D eigenvalue weighted by Gasteiger charge is 2.21. The van der Waals surface area contributed by atoms with E-state index in [1.165, 1.54) is 0 Å². The number of hydrogen-bond donors (Lipinski definition) is 2. The number of aryl methyl sites for hydroxylation is 1. The average Bonchev–Trinajstić information content (AvgIpc) is 2.75. The van der Waals surface area contributed by atoms with Gasteiger partial charge in [-0.3, -0.25) is 9.88 Å². The topological polar surface area (TPSA) is 86.8 Å². The Morgan fingerprint density at radius 1 is 1.07 bits per heavy atom. The second-order valence-electron chi connectivity index (χ2n) is 7.25. The molecule has 2 heterocycles. The molecule has 1 fully saturated rings. The number of anilines is 2. The fourth-order valence-electron chi connectivity index (χ4n) is 3.30. The van der Waals surface area contributed by atoms with Crippen LogP contribution in [-0.4, -0.2) is 66.2 Å². The predicted molar refractivity (Wildman–Crippen MR) is 117 cm³/mol. The Balaban J connectivity index is 1.45. The van der Waals surface area contributed by atoms with E-state index in [1.807, 2.05) is 44.2 Å². The first kappa shape index (κ1) is 21.6. The monoisotopic (exact) mass is 411 g/mol. The van der Waals surface area contributed by atoms with Crippen molar-refractivity contribution >= 4 is 23.5 Å². The van der Waals surface area contributed by atoms with Gasteiger partial charge < -0.3 is 20.3 Å². The molecule has 1 aromatic heterocycles. The van der Waals surface area contributed by atoms with Crippen LogP contribution in [0.2, 0.25) is 0 Å². The molecular formula is C22H29N5O3. The zero-order valence-electron chi connectivity index (χ0n) is 17.6. The maximum absolute atomic E-state index is 12.2. The van der Waals surface area contributed by atoms with Crippen molar-refractivity contribution in [2.24, 2.45) is 0 Å². The van der Waals surface area contributed by atoms with E-state index < -0.39 is 0 Å². The number of benzene rings is 1. The van der Waals surface area contributed by atoms with Crippen molar-refractivity contribution in [3.05, 3.63) is 53.9 Å². The van der Waals surface area contributed by atoms with Crippen molar-refractivity contribution in [1.82, 2.24) is 14.8 Å². The van der Waals surface area contributed by atoms with Gasteiger partial charge in [-0.15, -0.1) is 0 Å². The second kappa shape index (κ2) is 10.6. The predicted octanol–water partition coefficient (Wildman–Crippen LogP) is 3.35. The molecule has 0 aliphatic carbocycles. The smallest absolute Gasteiger partial charge is 0.409 e. The molecule has 30 heavy (non-hydrogen) atoms. The van der Waals surface area contributed by atoms with Gasteiger partial charge in [0.05, 0.1) is 18.5 Å². The molecule has 3 rings (SSSR count). The summed E-state index contributed by atoms with van der Waals surface area (Å²) in [6.45, 7) is 8.08. The summed E-state index contributed by atoms with van der Waals surface area (Å²) in [5.41, 5.74) is 3.45.